The molecule has 0 aromatic carbocycles. The van der Waals surface area contributed by atoms with Crippen LogP contribution in [0.5, 0.6) is 0 Å². The molecular weight excluding hydrogens is 887 g/mol. The van der Waals surface area contributed by atoms with Crippen LogP contribution in [0, 0.1) is 0 Å². The number of likely N-dealkylation sites (N-methyl/N-ethyl adjacent to an activating group) is 1. The van der Waals surface area contributed by atoms with Gasteiger partial charge in [0, 0.05) is 12.8 Å². The van der Waals surface area contributed by atoms with Crippen molar-refractivity contribution >= 4 is 17.9 Å². The van der Waals surface area contributed by atoms with E-state index in [0.717, 1.165) is 103 Å². The molecule has 0 aliphatic heterocycles. The summed E-state index contributed by atoms with van der Waals surface area (Å²) in [6.45, 7) is 4.40. The molecule has 0 fully saturated rings. The van der Waals surface area contributed by atoms with Gasteiger partial charge in [0.15, 0.2) is 12.4 Å². The standard InChI is InChI=1S/C62H99NO8/c1-6-8-10-12-14-16-18-20-22-24-26-27-28-29-30-31-32-33-35-36-38-40-42-44-46-48-50-52-59(64)69-56-58(57-70-62(61(66)67)68-55-54-63(3,4)5)71-60(65)53-51-49-47-45-43-41-39-37-34-25-23-21-19-17-15-13-11-9-7-2/h8-11,14-17,20-23,26-27,29-30,34,37,41,43,47,49,58,62H,6-7,12-13,18-19,24-25,28,31-33,35-36,38-40,42,44-46,48,50-57H2,1-5H3/b10-8-,11-9-,16-14-,17-15-,22-20-,23-21-,27-26-,30-29-,37-34-,43-41-,49-47-. The molecule has 0 N–H and O–H groups in total. The molecule has 0 aromatic heterocycles. The number of aliphatic carboxylic acids is 1. The normalized spacial score (nSPS) is 13.9. The number of esters is 2. The van der Waals surface area contributed by atoms with Crippen LogP contribution >= 0.6 is 0 Å². The number of hydrogen-bond donors (Lipinski definition) is 0. The summed E-state index contributed by atoms with van der Waals surface area (Å²) in [5.74, 6) is -2.42. The highest BCUT2D eigenvalue weighted by atomic mass is 16.7. The summed E-state index contributed by atoms with van der Waals surface area (Å²) < 4.78 is 22.5. The van der Waals surface area contributed by atoms with E-state index >= 15 is 0 Å². The molecule has 0 heterocycles. The average molecular weight is 986 g/mol. The molecule has 0 radical (unpaired) electrons. The number of rotatable bonds is 48. The van der Waals surface area contributed by atoms with Gasteiger partial charge in [-0.05, 0) is 96.3 Å². The second-order valence-electron chi connectivity index (χ2n) is 18.8. The second-order valence-corrected chi connectivity index (χ2v) is 18.8. The number of ether oxygens (including phenoxy) is 4. The molecule has 0 amide bonds. The van der Waals surface area contributed by atoms with Gasteiger partial charge >= 0.3 is 11.9 Å². The number of unbranched alkanes of at least 4 members (excludes halogenated alkanes) is 11. The van der Waals surface area contributed by atoms with Gasteiger partial charge < -0.3 is 33.3 Å². The Morgan fingerprint density at radius 3 is 1.18 bits per heavy atom. The summed E-state index contributed by atoms with van der Waals surface area (Å²) >= 11 is 0. The number of carboxylic acids is 1. The number of carboxylic acid groups (broad SMARTS) is 1. The van der Waals surface area contributed by atoms with E-state index in [4.69, 9.17) is 18.9 Å². The van der Waals surface area contributed by atoms with Crippen molar-refractivity contribution in [1.29, 1.82) is 0 Å². The van der Waals surface area contributed by atoms with E-state index in [1.54, 1.807) is 0 Å². The zero-order chi connectivity index (χ0) is 52.0. The molecular formula is C62H99NO8. The van der Waals surface area contributed by atoms with E-state index in [9.17, 15) is 19.5 Å². The highest BCUT2D eigenvalue weighted by Gasteiger charge is 2.21. The third kappa shape index (κ3) is 53.1. The van der Waals surface area contributed by atoms with Crippen LogP contribution in [0.15, 0.2) is 134 Å². The SMILES string of the molecule is CC/C=C\C/C=C\C/C=C\C/C=C\C/C=C\C/C=C\CCC(=O)OC(COC(=O)CCCCCCCCCCCCC/C=C\C/C=C\C/C=C\C/C=C\C/C=C\CC)COC(OCC[N+](C)(C)C)C(=O)[O-]. The van der Waals surface area contributed by atoms with Crippen molar-refractivity contribution in [2.24, 2.45) is 0 Å². The lowest BCUT2D eigenvalue weighted by atomic mass is 10.0. The third-order valence-corrected chi connectivity index (χ3v) is 10.9. The average Bonchev–Trinajstić information content (AvgIpc) is 3.34. The summed E-state index contributed by atoms with van der Waals surface area (Å²) in [6.07, 6.45) is 70.8. The maximum absolute atomic E-state index is 12.8. The first-order chi connectivity index (χ1) is 34.6. The maximum atomic E-state index is 12.8. The highest BCUT2D eigenvalue weighted by Crippen LogP contribution is 2.14. The molecule has 2 unspecified atom stereocenters. The molecule has 0 saturated carbocycles. The first-order valence-electron chi connectivity index (χ1n) is 27.3. The molecule has 0 rings (SSSR count). The van der Waals surface area contributed by atoms with Crippen LogP contribution in [0.4, 0.5) is 0 Å². The molecule has 9 nitrogen and oxygen atoms in total. The van der Waals surface area contributed by atoms with Gasteiger partial charge in [0.05, 0.1) is 40.3 Å². The predicted molar refractivity (Wildman–Crippen MR) is 296 cm³/mol. The van der Waals surface area contributed by atoms with E-state index in [2.05, 4.69) is 135 Å². The zero-order valence-electron chi connectivity index (χ0n) is 45.3. The Balaban J connectivity index is 4.38. The molecule has 0 aliphatic carbocycles. The van der Waals surface area contributed by atoms with Gasteiger partial charge in [0.2, 0.25) is 0 Å². The topological polar surface area (TPSA) is 111 Å². The molecule has 400 valence electrons. The summed E-state index contributed by atoms with van der Waals surface area (Å²) in [6, 6.07) is 0. The van der Waals surface area contributed by atoms with Crippen LogP contribution in [-0.2, 0) is 33.3 Å². The van der Waals surface area contributed by atoms with Crippen molar-refractivity contribution in [2.75, 3.05) is 47.5 Å². The largest absolute Gasteiger partial charge is 0.545 e. The van der Waals surface area contributed by atoms with Gasteiger partial charge in [-0.1, -0.05) is 205 Å². The molecule has 0 saturated heterocycles. The van der Waals surface area contributed by atoms with Crippen molar-refractivity contribution in [3.63, 3.8) is 0 Å². The molecule has 2 atom stereocenters. The van der Waals surface area contributed by atoms with Gasteiger partial charge in [-0.2, -0.15) is 0 Å². The predicted octanol–water partition coefficient (Wildman–Crippen LogP) is 14.6. The van der Waals surface area contributed by atoms with Crippen molar-refractivity contribution in [3.8, 4) is 0 Å². The minimum atomic E-state index is -1.65. The van der Waals surface area contributed by atoms with E-state index in [-0.39, 0.29) is 38.6 Å². The molecule has 0 bridgehead atoms. The summed E-state index contributed by atoms with van der Waals surface area (Å²) in [7, 11) is 5.88. The lowest BCUT2D eigenvalue weighted by Gasteiger charge is -2.26. The van der Waals surface area contributed by atoms with Crippen LogP contribution < -0.4 is 5.11 Å². The Labute approximate surface area is 433 Å². The number of carbonyl (C=O) groups excluding carboxylic acids is 3. The minimum absolute atomic E-state index is 0.114. The summed E-state index contributed by atoms with van der Waals surface area (Å²) in [4.78, 5) is 37.2. The fraction of sp³-hybridized carbons (Fsp3) is 0.597. The van der Waals surface area contributed by atoms with Gasteiger partial charge in [-0.25, -0.2) is 0 Å². The minimum Gasteiger partial charge on any atom is -0.545 e. The highest BCUT2D eigenvalue weighted by molar-refractivity contribution is 5.70. The Bertz CT molecular complexity index is 1620. The van der Waals surface area contributed by atoms with Crippen molar-refractivity contribution in [1.82, 2.24) is 0 Å². The molecule has 71 heavy (non-hydrogen) atoms. The fourth-order valence-electron chi connectivity index (χ4n) is 6.76. The van der Waals surface area contributed by atoms with Gasteiger partial charge in [0.1, 0.15) is 13.2 Å². The van der Waals surface area contributed by atoms with E-state index in [1.165, 1.54) is 44.9 Å². The van der Waals surface area contributed by atoms with E-state index in [0.29, 0.717) is 17.4 Å². The van der Waals surface area contributed by atoms with Crippen LogP contribution in [-0.4, -0.2) is 82.3 Å². The zero-order valence-corrected chi connectivity index (χ0v) is 45.3. The molecule has 0 spiro atoms. The lowest BCUT2D eigenvalue weighted by molar-refractivity contribution is -0.870. The van der Waals surface area contributed by atoms with Gasteiger partial charge in [-0.15, -0.1) is 0 Å². The van der Waals surface area contributed by atoms with Crippen molar-refractivity contribution in [2.45, 2.75) is 193 Å². The Morgan fingerprint density at radius 1 is 0.423 bits per heavy atom. The first-order valence-corrected chi connectivity index (χ1v) is 27.3. The van der Waals surface area contributed by atoms with E-state index in [1.807, 2.05) is 33.3 Å². The van der Waals surface area contributed by atoms with Gasteiger partial charge in [-0.3, -0.25) is 9.59 Å². The number of quaternary nitrogens is 1. The molecule has 0 aliphatic rings. The Hall–Kier alpha value is -4.57. The monoisotopic (exact) mass is 986 g/mol. The summed E-state index contributed by atoms with van der Waals surface area (Å²) in [5, 5.41) is 11.8. The Morgan fingerprint density at radius 2 is 0.789 bits per heavy atom. The fourth-order valence-corrected chi connectivity index (χ4v) is 6.76. The lowest BCUT2D eigenvalue weighted by Crippen LogP contribution is -2.44. The summed E-state index contributed by atoms with van der Waals surface area (Å²) in [5.41, 5.74) is 0. The second kappa shape index (κ2) is 51.8. The quantitative estimate of drug-likeness (QED) is 0.0195. The van der Waals surface area contributed by atoms with Crippen molar-refractivity contribution in [3.05, 3.63) is 134 Å². The van der Waals surface area contributed by atoms with Crippen molar-refractivity contribution < 1.29 is 42.9 Å². The van der Waals surface area contributed by atoms with Crippen LogP contribution in [0.25, 0.3) is 0 Å². The number of carbonyl (C=O) groups is 3. The molecule has 9 heteroatoms. The smallest absolute Gasteiger partial charge is 0.306 e. The number of nitrogens with zero attached hydrogens (tertiary/aromatic N) is 1. The number of allylic oxidation sites excluding steroid dienone is 22. The van der Waals surface area contributed by atoms with Crippen LogP contribution in [0.2, 0.25) is 0 Å². The maximum Gasteiger partial charge on any atom is 0.306 e. The van der Waals surface area contributed by atoms with E-state index < -0.39 is 24.3 Å². The van der Waals surface area contributed by atoms with Gasteiger partial charge in [0.25, 0.3) is 0 Å². The van der Waals surface area contributed by atoms with Crippen LogP contribution in [0.3, 0.4) is 0 Å². The molecule has 0 aromatic rings. The Kier molecular flexibility index (Phi) is 48.4. The third-order valence-electron chi connectivity index (χ3n) is 10.9. The van der Waals surface area contributed by atoms with Crippen LogP contribution in [0.1, 0.15) is 181 Å². The first kappa shape index (κ1) is 66.4. The number of hydrogen-bond acceptors (Lipinski definition) is 8.